The topological polar surface area (TPSA) is 108 Å². The van der Waals surface area contributed by atoms with Crippen LogP contribution >= 0.6 is 11.8 Å². The molecule has 0 bridgehead atoms. The van der Waals surface area contributed by atoms with E-state index in [4.69, 9.17) is 4.74 Å². The first-order valence-corrected chi connectivity index (χ1v) is 12.4. The van der Waals surface area contributed by atoms with Gasteiger partial charge in [0.15, 0.2) is 0 Å². The van der Waals surface area contributed by atoms with Gasteiger partial charge in [-0.15, -0.1) is 11.8 Å². The highest BCUT2D eigenvalue weighted by atomic mass is 32.2. The van der Waals surface area contributed by atoms with Gasteiger partial charge >= 0.3 is 5.97 Å². The number of ether oxygens (including phenoxy) is 1. The summed E-state index contributed by atoms with van der Waals surface area (Å²) in [4.78, 5) is 53.8. The summed E-state index contributed by atoms with van der Waals surface area (Å²) in [7, 11) is 1.84. The molecule has 35 heavy (non-hydrogen) atoms. The van der Waals surface area contributed by atoms with Crippen LogP contribution in [0, 0.1) is 0 Å². The molecule has 0 saturated carbocycles. The fourth-order valence-corrected chi connectivity index (χ4v) is 6.10. The van der Waals surface area contributed by atoms with E-state index in [0.717, 1.165) is 5.56 Å². The third-order valence-corrected chi connectivity index (χ3v) is 7.72. The molecule has 1 unspecified atom stereocenters. The van der Waals surface area contributed by atoms with Gasteiger partial charge in [-0.1, -0.05) is 36.4 Å². The molecule has 3 aliphatic heterocycles. The number of hydrogen-bond acceptors (Lipinski definition) is 7. The first kappa shape index (κ1) is 24.8. The van der Waals surface area contributed by atoms with E-state index in [1.165, 1.54) is 16.7 Å². The summed E-state index contributed by atoms with van der Waals surface area (Å²) in [5.41, 5.74) is 1.49. The molecule has 10 heteroatoms. The Kier molecular flexibility index (Phi) is 7.20. The average molecular weight is 499 g/mol. The summed E-state index contributed by atoms with van der Waals surface area (Å²) in [5.74, 6) is -1.24. The van der Waals surface area contributed by atoms with Crippen molar-refractivity contribution in [2.45, 2.75) is 48.9 Å². The minimum Gasteiger partial charge on any atom is -0.462 e. The molecule has 0 aliphatic carbocycles. The number of allylic oxidation sites excluding steroid dienone is 1. The molecule has 2 saturated heterocycles. The molecule has 1 aromatic rings. The van der Waals surface area contributed by atoms with E-state index < -0.39 is 22.8 Å². The average Bonchev–Trinajstić information content (AvgIpc) is 3.08. The number of esters is 1. The molecular formula is C25H30N4O5S. The van der Waals surface area contributed by atoms with Gasteiger partial charge in [0, 0.05) is 23.6 Å². The van der Waals surface area contributed by atoms with Crippen molar-refractivity contribution in [2.24, 2.45) is 0 Å². The van der Waals surface area contributed by atoms with Gasteiger partial charge in [-0.05, 0) is 32.0 Å². The van der Waals surface area contributed by atoms with Crippen molar-refractivity contribution >= 4 is 35.5 Å². The molecule has 9 nitrogen and oxygen atoms in total. The van der Waals surface area contributed by atoms with Gasteiger partial charge < -0.3 is 25.2 Å². The standard InChI is InChI=1S/C25H30N4O5S/c1-25(2)20(24(33)34-13-11-26-21(31)17-10-7-12-28(3)15-17)29-22(32)19(23(29)35-25)27-18(30)14-16-8-5-4-6-9-16/h4-9,12,15,19-20,23H,10-11,13-14H2,1-3H3,(H,26,31)(H,27,30)/t19-,20?,23-/m1/s1. The summed E-state index contributed by atoms with van der Waals surface area (Å²) >= 11 is 1.48. The third kappa shape index (κ3) is 5.37. The van der Waals surface area contributed by atoms with Crippen molar-refractivity contribution in [1.82, 2.24) is 20.4 Å². The van der Waals surface area contributed by atoms with Crippen molar-refractivity contribution in [3.63, 3.8) is 0 Å². The largest absolute Gasteiger partial charge is 0.462 e. The zero-order chi connectivity index (χ0) is 25.2. The van der Waals surface area contributed by atoms with E-state index in [1.54, 1.807) is 11.1 Å². The van der Waals surface area contributed by atoms with Gasteiger partial charge in [-0.3, -0.25) is 14.4 Å². The molecule has 3 atom stereocenters. The zero-order valence-electron chi connectivity index (χ0n) is 20.0. The number of amides is 3. The minimum atomic E-state index is -0.761. The van der Waals surface area contributed by atoms with Crippen molar-refractivity contribution in [2.75, 3.05) is 20.2 Å². The van der Waals surface area contributed by atoms with Crippen LogP contribution < -0.4 is 10.6 Å². The summed E-state index contributed by atoms with van der Waals surface area (Å²) < 4.78 is 4.84. The summed E-state index contributed by atoms with van der Waals surface area (Å²) in [5, 5.41) is 5.25. The molecule has 2 N–H and O–H groups in total. The summed E-state index contributed by atoms with van der Waals surface area (Å²) in [6, 6.07) is 7.89. The smallest absolute Gasteiger partial charge is 0.330 e. The lowest BCUT2D eigenvalue weighted by Crippen LogP contribution is -2.70. The predicted octanol–water partition coefficient (Wildman–Crippen LogP) is 1.17. The van der Waals surface area contributed by atoms with Crippen LogP contribution in [0.5, 0.6) is 0 Å². The second kappa shape index (κ2) is 10.2. The molecule has 3 aliphatic rings. The maximum Gasteiger partial charge on any atom is 0.330 e. The van der Waals surface area contributed by atoms with Gasteiger partial charge in [0.1, 0.15) is 24.1 Å². The Hall–Kier alpha value is -3.27. The van der Waals surface area contributed by atoms with Crippen LogP contribution in [-0.2, 0) is 30.3 Å². The zero-order valence-corrected chi connectivity index (χ0v) is 20.8. The monoisotopic (exact) mass is 498 g/mol. The van der Waals surface area contributed by atoms with Gasteiger partial charge in [-0.2, -0.15) is 0 Å². The first-order chi connectivity index (χ1) is 16.7. The molecule has 0 radical (unpaired) electrons. The molecule has 1 aromatic carbocycles. The number of β-lactam (4-membered cyclic amide) rings is 1. The van der Waals surface area contributed by atoms with Gasteiger partial charge in [0.05, 0.1) is 13.0 Å². The molecule has 4 rings (SSSR count). The van der Waals surface area contributed by atoms with E-state index in [1.807, 2.05) is 63.5 Å². The molecule has 0 aromatic heterocycles. The summed E-state index contributed by atoms with van der Waals surface area (Å²) in [6.45, 7) is 3.95. The molecule has 3 heterocycles. The van der Waals surface area contributed by atoms with E-state index in [0.29, 0.717) is 12.0 Å². The number of carbonyl (C=O) groups is 4. The fraction of sp³-hybridized carbons (Fsp3) is 0.440. The Morgan fingerprint density at radius 2 is 1.94 bits per heavy atom. The fourth-order valence-electron chi connectivity index (χ4n) is 4.48. The Morgan fingerprint density at radius 1 is 1.20 bits per heavy atom. The van der Waals surface area contributed by atoms with Crippen molar-refractivity contribution in [1.29, 1.82) is 0 Å². The Labute approximate surface area is 208 Å². The second-order valence-electron chi connectivity index (χ2n) is 9.30. The number of benzene rings is 1. The van der Waals surface area contributed by atoms with Crippen molar-refractivity contribution in [3.05, 3.63) is 59.9 Å². The molecule has 186 valence electrons. The van der Waals surface area contributed by atoms with Crippen LogP contribution in [0.15, 0.2) is 54.4 Å². The normalized spacial score (nSPS) is 24.3. The van der Waals surface area contributed by atoms with Crippen LogP contribution in [0.4, 0.5) is 0 Å². The minimum absolute atomic E-state index is 0.00468. The van der Waals surface area contributed by atoms with E-state index in [-0.39, 0.29) is 42.7 Å². The first-order valence-electron chi connectivity index (χ1n) is 11.5. The number of hydrogen-bond donors (Lipinski definition) is 2. The Balaban J connectivity index is 1.27. The lowest BCUT2D eigenvalue weighted by molar-refractivity contribution is -0.164. The number of thioether (sulfide) groups is 1. The van der Waals surface area contributed by atoms with Crippen molar-refractivity contribution in [3.8, 4) is 0 Å². The lowest BCUT2D eigenvalue weighted by Gasteiger charge is -2.44. The van der Waals surface area contributed by atoms with Crippen LogP contribution in [0.3, 0.4) is 0 Å². The van der Waals surface area contributed by atoms with Crippen LogP contribution in [0.1, 0.15) is 25.8 Å². The highest BCUT2D eigenvalue weighted by Crippen LogP contribution is 2.51. The van der Waals surface area contributed by atoms with Crippen LogP contribution in [0.2, 0.25) is 0 Å². The molecule has 0 spiro atoms. The quantitative estimate of drug-likeness (QED) is 0.315. The Morgan fingerprint density at radius 3 is 2.66 bits per heavy atom. The lowest BCUT2D eigenvalue weighted by atomic mass is 9.96. The number of nitrogens with zero attached hydrogens (tertiary/aromatic N) is 2. The summed E-state index contributed by atoms with van der Waals surface area (Å²) in [6.07, 6.45) is 6.26. The number of fused-ring (bicyclic) bond motifs is 1. The maximum absolute atomic E-state index is 12.9. The number of carbonyl (C=O) groups excluding carboxylic acids is 4. The van der Waals surface area contributed by atoms with E-state index >= 15 is 0 Å². The maximum atomic E-state index is 12.9. The number of rotatable bonds is 8. The van der Waals surface area contributed by atoms with E-state index in [2.05, 4.69) is 10.6 Å². The third-order valence-electron chi connectivity index (χ3n) is 6.15. The predicted molar refractivity (Wildman–Crippen MR) is 132 cm³/mol. The molecule has 2 fully saturated rings. The van der Waals surface area contributed by atoms with Crippen LogP contribution in [0.25, 0.3) is 0 Å². The van der Waals surface area contributed by atoms with Crippen LogP contribution in [-0.4, -0.2) is 75.9 Å². The van der Waals surface area contributed by atoms with E-state index in [9.17, 15) is 19.2 Å². The van der Waals surface area contributed by atoms with Crippen molar-refractivity contribution < 1.29 is 23.9 Å². The highest BCUT2D eigenvalue weighted by Gasteiger charge is 2.64. The molecular weight excluding hydrogens is 468 g/mol. The second-order valence-corrected chi connectivity index (χ2v) is 11.1. The number of nitrogens with one attached hydrogen (secondary N) is 2. The van der Waals surface area contributed by atoms with Gasteiger partial charge in [-0.25, -0.2) is 4.79 Å². The Bertz CT molecular complexity index is 1070. The SMILES string of the molecule is CN1C=CCC(C(=O)NCCOC(=O)C2N3C(=O)[C@@H](NC(=O)Cc4ccccc4)[C@H]3SC2(C)C)=C1. The highest BCUT2D eigenvalue weighted by molar-refractivity contribution is 8.01. The molecule has 3 amide bonds. The van der Waals surface area contributed by atoms with Gasteiger partial charge in [0.2, 0.25) is 17.7 Å². The van der Waals surface area contributed by atoms with Gasteiger partial charge in [0.25, 0.3) is 0 Å².